The van der Waals surface area contributed by atoms with Crippen LogP contribution in [-0.4, -0.2) is 28.7 Å². The van der Waals surface area contributed by atoms with Gasteiger partial charge in [-0.1, -0.05) is 31.2 Å². The Labute approximate surface area is 160 Å². The fourth-order valence-corrected chi connectivity index (χ4v) is 3.79. The highest BCUT2D eigenvalue weighted by Crippen LogP contribution is 2.23. The van der Waals surface area contributed by atoms with Crippen molar-refractivity contribution in [2.45, 2.75) is 18.2 Å². The lowest BCUT2D eigenvalue weighted by Gasteiger charge is -2.10. The van der Waals surface area contributed by atoms with E-state index in [-0.39, 0.29) is 18.0 Å². The van der Waals surface area contributed by atoms with Gasteiger partial charge in [-0.2, -0.15) is 0 Å². The van der Waals surface area contributed by atoms with Crippen LogP contribution in [0.1, 0.15) is 12.5 Å². The quantitative estimate of drug-likeness (QED) is 0.600. The molecule has 0 amide bonds. The third kappa shape index (κ3) is 4.78. The van der Waals surface area contributed by atoms with Crippen molar-refractivity contribution >= 4 is 20.8 Å². The highest BCUT2D eigenvalue weighted by Gasteiger charge is 2.14. The molecule has 0 spiro atoms. The molecule has 5 nitrogen and oxygen atoms in total. The summed E-state index contributed by atoms with van der Waals surface area (Å²) in [6, 6.07) is 18.3. The number of hydrogen-bond acceptors (Lipinski definition) is 4. The number of rotatable bonds is 8. The highest BCUT2D eigenvalue weighted by atomic mass is 32.2. The molecule has 0 unspecified atom stereocenters. The molecule has 0 saturated carbocycles. The fraction of sp³-hybridized carbons (Fsp3) is 0.238. The van der Waals surface area contributed by atoms with Gasteiger partial charge in [0.15, 0.2) is 0 Å². The van der Waals surface area contributed by atoms with Crippen LogP contribution in [0.25, 0.3) is 10.8 Å². The monoisotopic (exact) mass is 385 g/mol. The van der Waals surface area contributed by atoms with Crippen LogP contribution in [0.15, 0.2) is 65.6 Å². The summed E-state index contributed by atoms with van der Waals surface area (Å²) in [5, 5.41) is 1.76. The van der Waals surface area contributed by atoms with E-state index in [1.165, 1.54) is 5.56 Å². The van der Waals surface area contributed by atoms with Crippen molar-refractivity contribution < 1.29 is 17.9 Å². The molecule has 0 aliphatic carbocycles. The van der Waals surface area contributed by atoms with E-state index < -0.39 is 10.0 Å². The Balaban J connectivity index is 1.61. The lowest BCUT2D eigenvalue weighted by molar-refractivity contribution is 0.323. The molecular formula is C21H23NO4S. The van der Waals surface area contributed by atoms with Gasteiger partial charge in [-0.15, -0.1) is 0 Å². The minimum atomic E-state index is -3.59. The molecule has 3 rings (SSSR count). The van der Waals surface area contributed by atoms with Crippen molar-refractivity contribution in [1.29, 1.82) is 0 Å². The molecule has 0 saturated heterocycles. The van der Waals surface area contributed by atoms with Crippen LogP contribution >= 0.6 is 0 Å². The van der Waals surface area contributed by atoms with Crippen LogP contribution in [-0.2, 0) is 16.4 Å². The SMILES string of the molecule is CCc1ccc(OCCNS(=O)(=O)c2ccc3cc(OC)ccc3c2)cc1. The number of fused-ring (bicyclic) bond motifs is 1. The zero-order valence-electron chi connectivity index (χ0n) is 15.4. The average molecular weight is 385 g/mol. The highest BCUT2D eigenvalue weighted by molar-refractivity contribution is 7.89. The largest absolute Gasteiger partial charge is 0.497 e. The van der Waals surface area contributed by atoms with E-state index in [4.69, 9.17) is 9.47 Å². The van der Waals surface area contributed by atoms with Gasteiger partial charge in [0.1, 0.15) is 18.1 Å². The molecule has 0 fully saturated rings. The molecule has 0 atom stereocenters. The van der Waals surface area contributed by atoms with E-state index in [9.17, 15) is 8.42 Å². The van der Waals surface area contributed by atoms with Gasteiger partial charge in [0, 0.05) is 6.54 Å². The number of nitrogens with one attached hydrogen (secondary N) is 1. The second-order valence-corrected chi connectivity index (χ2v) is 7.89. The number of ether oxygens (including phenoxy) is 2. The molecule has 6 heteroatoms. The number of benzene rings is 3. The molecule has 142 valence electrons. The van der Waals surface area contributed by atoms with E-state index in [0.717, 1.165) is 28.7 Å². The Morgan fingerprint density at radius 2 is 1.56 bits per heavy atom. The second kappa shape index (κ2) is 8.41. The van der Waals surface area contributed by atoms with Gasteiger partial charge in [0.25, 0.3) is 0 Å². The van der Waals surface area contributed by atoms with E-state index in [1.54, 1.807) is 25.3 Å². The molecule has 0 aliphatic rings. The number of sulfonamides is 1. The summed E-state index contributed by atoms with van der Waals surface area (Å²) in [4.78, 5) is 0.229. The zero-order chi connectivity index (χ0) is 19.3. The first-order valence-corrected chi connectivity index (χ1v) is 10.3. The minimum absolute atomic E-state index is 0.193. The summed E-state index contributed by atoms with van der Waals surface area (Å²) >= 11 is 0. The normalized spacial score (nSPS) is 11.5. The molecule has 3 aromatic rings. The minimum Gasteiger partial charge on any atom is -0.497 e. The van der Waals surface area contributed by atoms with E-state index in [2.05, 4.69) is 11.6 Å². The molecule has 0 aliphatic heterocycles. The van der Waals surface area contributed by atoms with E-state index in [1.807, 2.05) is 42.5 Å². The number of methoxy groups -OCH3 is 1. The van der Waals surface area contributed by atoms with Crippen molar-refractivity contribution in [3.63, 3.8) is 0 Å². The molecule has 1 N–H and O–H groups in total. The molecule has 0 bridgehead atoms. The Kier molecular flexibility index (Phi) is 5.98. The maximum absolute atomic E-state index is 12.5. The average Bonchev–Trinajstić information content (AvgIpc) is 2.70. The predicted molar refractivity (Wildman–Crippen MR) is 107 cm³/mol. The second-order valence-electron chi connectivity index (χ2n) is 6.12. The maximum Gasteiger partial charge on any atom is 0.240 e. The van der Waals surface area contributed by atoms with Crippen molar-refractivity contribution in [2.24, 2.45) is 0 Å². The molecule has 3 aromatic carbocycles. The first-order chi connectivity index (χ1) is 13.0. The van der Waals surface area contributed by atoms with Crippen molar-refractivity contribution in [3.05, 3.63) is 66.2 Å². The van der Waals surface area contributed by atoms with E-state index >= 15 is 0 Å². The van der Waals surface area contributed by atoms with Gasteiger partial charge in [0.2, 0.25) is 10.0 Å². The van der Waals surface area contributed by atoms with Crippen molar-refractivity contribution in [3.8, 4) is 11.5 Å². The molecule has 0 radical (unpaired) electrons. The fourth-order valence-electron chi connectivity index (χ4n) is 2.75. The van der Waals surface area contributed by atoms with Gasteiger partial charge in [-0.3, -0.25) is 0 Å². The molecule has 0 aromatic heterocycles. The van der Waals surface area contributed by atoms with Crippen LogP contribution < -0.4 is 14.2 Å². The lowest BCUT2D eigenvalue weighted by Crippen LogP contribution is -2.28. The molecular weight excluding hydrogens is 362 g/mol. The Morgan fingerprint density at radius 3 is 2.26 bits per heavy atom. The van der Waals surface area contributed by atoms with Gasteiger partial charge in [-0.25, -0.2) is 13.1 Å². The number of aryl methyl sites for hydroxylation is 1. The van der Waals surface area contributed by atoms with Crippen molar-refractivity contribution in [1.82, 2.24) is 4.72 Å². The van der Waals surface area contributed by atoms with Gasteiger partial charge in [-0.05, 0) is 59.2 Å². The Bertz CT molecular complexity index is 1010. The number of hydrogen-bond donors (Lipinski definition) is 1. The smallest absolute Gasteiger partial charge is 0.240 e. The maximum atomic E-state index is 12.5. The third-order valence-corrected chi connectivity index (χ3v) is 5.78. The van der Waals surface area contributed by atoms with E-state index in [0.29, 0.717) is 0 Å². The standard InChI is InChI=1S/C21H23NO4S/c1-3-16-4-8-19(9-5-16)26-13-12-22-27(23,24)21-11-7-17-14-20(25-2)10-6-18(17)15-21/h4-11,14-15,22H,3,12-13H2,1-2H3. The summed E-state index contributed by atoms with van der Waals surface area (Å²) in [6.45, 7) is 2.54. The van der Waals surface area contributed by atoms with Crippen LogP contribution in [0.2, 0.25) is 0 Å². The zero-order valence-corrected chi connectivity index (χ0v) is 16.3. The van der Waals surface area contributed by atoms with Crippen LogP contribution in [0, 0.1) is 0 Å². The van der Waals surface area contributed by atoms with Crippen LogP contribution in [0.5, 0.6) is 11.5 Å². The summed E-state index contributed by atoms with van der Waals surface area (Å²) in [6.07, 6.45) is 0.971. The van der Waals surface area contributed by atoms with Gasteiger partial charge in [0.05, 0.1) is 12.0 Å². The van der Waals surface area contributed by atoms with Gasteiger partial charge >= 0.3 is 0 Å². The Hall–Kier alpha value is -2.57. The first kappa shape index (κ1) is 19.2. The molecule has 0 heterocycles. The first-order valence-electron chi connectivity index (χ1n) is 8.81. The topological polar surface area (TPSA) is 64.6 Å². The lowest BCUT2D eigenvalue weighted by atomic mass is 10.1. The summed E-state index contributed by atoms with van der Waals surface area (Å²) in [7, 11) is -1.99. The third-order valence-electron chi connectivity index (χ3n) is 4.32. The predicted octanol–water partition coefficient (Wildman–Crippen LogP) is 3.77. The summed E-state index contributed by atoms with van der Waals surface area (Å²) in [5.74, 6) is 1.46. The molecule has 27 heavy (non-hydrogen) atoms. The summed E-state index contributed by atoms with van der Waals surface area (Å²) in [5.41, 5.74) is 1.23. The van der Waals surface area contributed by atoms with Crippen LogP contribution in [0.3, 0.4) is 0 Å². The van der Waals surface area contributed by atoms with Gasteiger partial charge < -0.3 is 9.47 Å². The Morgan fingerprint density at radius 1 is 0.889 bits per heavy atom. The van der Waals surface area contributed by atoms with Crippen LogP contribution in [0.4, 0.5) is 0 Å². The summed E-state index contributed by atoms with van der Waals surface area (Å²) < 4.78 is 38.4. The van der Waals surface area contributed by atoms with Crippen molar-refractivity contribution in [2.75, 3.05) is 20.3 Å².